The fraction of sp³-hybridized carbons (Fsp3) is 0.261. The van der Waals surface area contributed by atoms with Crippen molar-refractivity contribution in [2.45, 2.75) is 38.1 Å². The van der Waals surface area contributed by atoms with Gasteiger partial charge in [0, 0.05) is 40.1 Å². The molecule has 0 saturated heterocycles. The number of hydrogen-bond donors (Lipinski definition) is 0. The lowest BCUT2D eigenvalue weighted by molar-refractivity contribution is -0.160. The van der Waals surface area contributed by atoms with Crippen LogP contribution in [0.15, 0.2) is 54.1 Å². The second kappa shape index (κ2) is 11.0. The van der Waals surface area contributed by atoms with Gasteiger partial charge in [-0.05, 0) is 38.5 Å². The molecule has 13 heteroatoms. The highest BCUT2D eigenvalue weighted by atomic mass is 35.5. The van der Waals surface area contributed by atoms with Gasteiger partial charge in [-0.2, -0.15) is 13.9 Å². The van der Waals surface area contributed by atoms with Crippen LogP contribution in [0.2, 0.25) is 10.0 Å². The first-order valence-corrected chi connectivity index (χ1v) is 12.1. The largest absolute Gasteiger partial charge is 0.443 e. The van der Waals surface area contributed by atoms with Gasteiger partial charge in [-0.25, -0.2) is 24.6 Å². The highest BCUT2D eigenvalue weighted by Gasteiger charge is 2.27. The number of fused-ring (bicyclic) bond motifs is 1. The van der Waals surface area contributed by atoms with E-state index in [0.717, 1.165) is 12.0 Å². The Balaban J connectivity index is 1.79. The normalized spacial score (nSPS) is 11.6. The molecule has 188 valence electrons. The molecule has 3 aromatic heterocycles. The third kappa shape index (κ3) is 6.23. The fourth-order valence-electron chi connectivity index (χ4n) is 3.17. The molecular weight excluding hydrogens is 527 g/mol. The van der Waals surface area contributed by atoms with Gasteiger partial charge in [0.25, 0.3) is 0 Å². The van der Waals surface area contributed by atoms with E-state index in [0.29, 0.717) is 43.5 Å². The zero-order valence-corrected chi connectivity index (χ0v) is 22.1. The number of amides is 1. The van der Waals surface area contributed by atoms with Gasteiger partial charge in [0.2, 0.25) is 5.16 Å². The van der Waals surface area contributed by atoms with Crippen LogP contribution in [-0.2, 0) is 20.5 Å². The van der Waals surface area contributed by atoms with Crippen LogP contribution in [0.1, 0.15) is 26.3 Å². The highest BCUT2D eigenvalue weighted by molar-refractivity contribution is 7.94. The molecule has 0 aliphatic carbocycles. The minimum Gasteiger partial charge on any atom is -0.443 e. The third-order valence-electron chi connectivity index (χ3n) is 4.68. The van der Waals surface area contributed by atoms with Crippen LogP contribution in [0.5, 0.6) is 0 Å². The second-order valence-corrected chi connectivity index (χ2v) is 9.99. The Morgan fingerprint density at radius 2 is 1.89 bits per heavy atom. The van der Waals surface area contributed by atoms with Gasteiger partial charge in [-0.15, -0.1) is 0 Å². The predicted octanol–water partition coefficient (Wildman–Crippen LogP) is 6.02. The van der Waals surface area contributed by atoms with Crippen molar-refractivity contribution in [2.24, 2.45) is 0 Å². The molecule has 3 heterocycles. The minimum atomic E-state index is -0.732. The minimum absolute atomic E-state index is 0.101. The molecule has 10 nitrogen and oxygen atoms in total. The van der Waals surface area contributed by atoms with E-state index in [-0.39, 0.29) is 6.54 Å². The Hall–Kier alpha value is -2.96. The van der Waals surface area contributed by atoms with Crippen molar-refractivity contribution >= 4 is 52.8 Å². The van der Waals surface area contributed by atoms with Gasteiger partial charge in [-0.3, -0.25) is 4.90 Å². The van der Waals surface area contributed by atoms with Crippen LogP contribution >= 0.6 is 35.2 Å². The van der Waals surface area contributed by atoms with Gasteiger partial charge in [0.1, 0.15) is 23.5 Å². The topological polar surface area (TPSA) is 104 Å². The summed E-state index contributed by atoms with van der Waals surface area (Å²) in [5.41, 5.74) is 1.60. The number of nitrogens with zero attached hydrogens (tertiary/aromatic N) is 6. The summed E-state index contributed by atoms with van der Waals surface area (Å²) in [7, 11) is 1.39. The number of ether oxygens (including phenoxy) is 1. The standard InChI is InChI=1S/C23H22Cl2N6O4S/c1-23(2,3)34-22(32)30(13-14-5-6-16(24)9-17(14)25)20-10-18(29-19-7-8-28-31(19)20)15-11-26-21(27-12-15)36-35-33-4/h5-12H,13H2,1-4H3. The molecule has 0 fully saturated rings. The van der Waals surface area contributed by atoms with E-state index >= 15 is 0 Å². The molecule has 0 atom stereocenters. The Labute approximate surface area is 221 Å². The Morgan fingerprint density at radius 3 is 2.56 bits per heavy atom. The maximum Gasteiger partial charge on any atom is 0.416 e. The zero-order chi connectivity index (χ0) is 25.9. The molecule has 0 bridgehead atoms. The lowest BCUT2D eigenvalue weighted by Crippen LogP contribution is -2.37. The first kappa shape index (κ1) is 26.1. The van der Waals surface area contributed by atoms with Gasteiger partial charge in [0.05, 0.1) is 25.5 Å². The van der Waals surface area contributed by atoms with Crippen molar-refractivity contribution < 1.29 is 18.8 Å². The van der Waals surface area contributed by atoms with Crippen LogP contribution in [0.25, 0.3) is 16.9 Å². The lowest BCUT2D eigenvalue weighted by atomic mass is 10.2. The second-order valence-electron chi connectivity index (χ2n) is 8.48. The summed E-state index contributed by atoms with van der Waals surface area (Å²) in [4.78, 5) is 32.6. The molecule has 0 unspecified atom stereocenters. The maximum atomic E-state index is 13.4. The molecule has 1 amide bonds. The average Bonchev–Trinajstić information content (AvgIpc) is 3.30. The number of rotatable bonds is 7. The first-order chi connectivity index (χ1) is 17.1. The SMILES string of the molecule is COOSc1ncc(-c2cc(N(Cc3ccc(Cl)cc3Cl)C(=O)OC(C)(C)C)n3nccc3n2)cn1. The first-order valence-electron chi connectivity index (χ1n) is 10.6. The average molecular weight is 549 g/mol. The Morgan fingerprint density at radius 1 is 1.14 bits per heavy atom. The molecule has 1 aromatic carbocycles. The number of halogens is 2. The van der Waals surface area contributed by atoms with Crippen LogP contribution < -0.4 is 4.90 Å². The summed E-state index contributed by atoms with van der Waals surface area (Å²) in [6, 6.07) is 8.54. The van der Waals surface area contributed by atoms with Crippen LogP contribution in [0.3, 0.4) is 0 Å². The highest BCUT2D eigenvalue weighted by Crippen LogP contribution is 2.29. The molecule has 4 aromatic rings. The van der Waals surface area contributed by atoms with E-state index in [9.17, 15) is 4.79 Å². The van der Waals surface area contributed by atoms with Crippen molar-refractivity contribution in [1.29, 1.82) is 0 Å². The van der Waals surface area contributed by atoms with Crippen molar-refractivity contribution in [3.05, 3.63) is 64.5 Å². The molecule has 0 aliphatic heterocycles. The van der Waals surface area contributed by atoms with E-state index < -0.39 is 11.7 Å². The van der Waals surface area contributed by atoms with Crippen molar-refractivity contribution in [3.8, 4) is 11.3 Å². The lowest BCUT2D eigenvalue weighted by Gasteiger charge is -2.28. The smallest absolute Gasteiger partial charge is 0.416 e. The summed E-state index contributed by atoms with van der Waals surface area (Å²) < 4.78 is 12.1. The summed E-state index contributed by atoms with van der Waals surface area (Å²) in [5.74, 6) is 0.418. The summed E-state index contributed by atoms with van der Waals surface area (Å²) >= 11 is 13.4. The van der Waals surface area contributed by atoms with E-state index in [1.165, 1.54) is 12.0 Å². The summed E-state index contributed by atoms with van der Waals surface area (Å²) in [6.07, 6.45) is 4.21. The van der Waals surface area contributed by atoms with E-state index in [4.69, 9.17) is 32.3 Å². The summed E-state index contributed by atoms with van der Waals surface area (Å²) in [6.45, 7) is 5.49. The number of benzene rings is 1. The van der Waals surface area contributed by atoms with Gasteiger partial charge < -0.3 is 4.74 Å². The van der Waals surface area contributed by atoms with Gasteiger partial charge in [0.15, 0.2) is 5.65 Å². The predicted molar refractivity (Wildman–Crippen MR) is 137 cm³/mol. The number of anilines is 1. The maximum absolute atomic E-state index is 13.4. The molecular formula is C23H22Cl2N6O4S. The monoisotopic (exact) mass is 548 g/mol. The van der Waals surface area contributed by atoms with Crippen molar-refractivity contribution in [1.82, 2.24) is 24.6 Å². The van der Waals surface area contributed by atoms with E-state index in [1.54, 1.807) is 74.2 Å². The number of carbonyl (C=O) groups excluding carboxylic acids is 1. The summed E-state index contributed by atoms with van der Waals surface area (Å²) in [5, 5.41) is 5.63. The Bertz CT molecular complexity index is 1380. The number of aromatic nitrogens is 5. The van der Waals surface area contributed by atoms with Crippen LogP contribution in [0.4, 0.5) is 10.6 Å². The van der Waals surface area contributed by atoms with E-state index in [2.05, 4.69) is 24.9 Å². The van der Waals surface area contributed by atoms with Gasteiger partial charge >= 0.3 is 6.09 Å². The fourth-order valence-corrected chi connectivity index (χ4v) is 3.96. The number of hydrogen-bond acceptors (Lipinski definition) is 9. The van der Waals surface area contributed by atoms with E-state index in [1.807, 2.05) is 0 Å². The molecule has 0 aliphatic rings. The molecule has 0 saturated carbocycles. The zero-order valence-electron chi connectivity index (χ0n) is 19.8. The Kier molecular flexibility index (Phi) is 7.96. The van der Waals surface area contributed by atoms with Crippen molar-refractivity contribution in [2.75, 3.05) is 12.0 Å². The number of carbonyl (C=O) groups is 1. The van der Waals surface area contributed by atoms with Gasteiger partial charge in [-0.1, -0.05) is 29.3 Å². The molecule has 36 heavy (non-hydrogen) atoms. The molecule has 4 rings (SSSR count). The van der Waals surface area contributed by atoms with Crippen LogP contribution in [0, 0.1) is 0 Å². The third-order valence-corrected chi connectivity index (χ3v) is 5.83. The molecule has 0 N–H and O–H groups in total. The van der Waals surface area contributed by atoms with Crippen LogP contribution in [-0.4, -0.2) is 43.4 Å². The molecule has 0 radical (unpaired) electrons. The van der Waals surface area contributed by atoms with Crippen molar-refractivity contribution in [3.63, 3.8) is 0 Å². The molecule has 0 spiro atoms. The quantitative estimate of drug-likeness (QED) is 0.118.